The number of ether oxygens (including phenoxy) is 1. The largest absolute Gasteiger partial charge is 0.459 e. The molecular weight excluding hydrogens is 244 g/mol. The van der Waals surface area contributed by atoms with E-state index in [1.807, 2.05) is 30.3 Å². The highest BCUT2D eigenvalue weighted by atomic mass is 16.5. The quantitative estimate of drug-likeness (QED) is 0.810. The number of nitrogens with two attached hydrogens (primary N) is 1. The van der Waals surface area contributed by atoms with E-state index in [0.717, 1.165) is 12.0 Å². The fourth-order valence-corrected chi connectivity index (χ4v) is 2.25. The fourth-order valence-electron chi connectivity index (χ4n) is 2.25. The van der Waals surface area contributed by atoms with Crippen LogP contribution in [-0.2, 0) is 20.9 Å². The minimum absolute atomic E-state index is 0.0670. The third kappa shape index (κ3) is 3.32. The maximum atomic E-state index is 12.0. The maximum absolute atomic E-state index is 12.0. The number of nitrogens with zero attached hydrogens (tertiary/aromatic N) is 1. The normalized spacial score (nSPS) is 18.4. The van der Waals surface area contributed by atoms with E-state index in [1.54, 1.807) is 0 Å². The van der Waals surface area contributed by atoms with Crippen LogP contribution < -0.4 is 5.73 Å². The molecule has 1 fully saturated rings. The van der Waals surface area contributed by atoms with Crippen molar-refractivity contribution in [2.75, 3.05) is 13.1 Å². The number of esters is 1. The summed E-state index contributed by atoms with van der Waals surface area (Å²) in [6.45, 7) is 0.754. The predicted molar refractivity (Wildman–Crippen MR) is 70.0 cm³/mol. The van der Waals surface area contributed by atoms with E-state index < -0.39 is 6.04 Å². The number of amides is 1. The number of benzene rings is 1. The average Bonchev–Trinajstić information content (AvgIpc) is 2.94. The van der Waals surface area contributed by atoms with Crippen LogP contribution in [-0.4, -0.2) is 35.9 Å². The Hall–Kier alpha value is -1.88. The highest BCUT2D eigenvalue weighted by Gasteiger charge is 2.34. The number of rotatable bonds is 4. The Bertz CT molecular complexity index is 447. The molecule has 0 aliphatic carbocycles. The first-order valence-corrected chi connectivity index (χ1v) is 6.42. The zero-order valence-electron chi connectivity index (χ0n) is 10.7. The lowest BCUT2D eigenvalue weighted by Gasteiger charge is -2.22. The molecule has 5 heteroatoms. The molecule has 1 unspecified atom stereocenters. The Morgan fingerprint density at radius 2 is 2.05 bits per heavy atom. The molecule has 0 radical (unpaired) electrons. The van der Waals surface area contributed by atoms with Crippen LogP contribution in [0.4, 0.5) is 0 Å². The van der Waals surface area contributed by atoms with Crippen LogP contribution in [0.1, 0.15) is 18.4 Å². The van der Waals surface area contributed by atoms with E-state index in [4.69, 9.17) is 10.5 Å². The van der Waals surface area contributed by atoms with Crippen molar-refractivity contribution in [2.24, 2.45) is 5.73 Å². The third-order valence-corrected chi connectivity index (χ3v) is 3.24. The minimum atomic E-state index is -0.472. The van der Waals surface area contributed by atoms with Gasteiger partial charge in [0.05, 0.1) is 6.54 Å². The molecule has 2 N–H and O–H groups in total. The molecule has 0 spiro atoms. The molecular formula is C14H18N2O3. The maximum Gasteiger partial charge on any atom is 0.329 e. The highest BCUT2D eigenvalue weighted by Crippen LogP contribution is 2.19. The van der Waals surface area contributed by atoms with Gasteiger partial charge in [0, 0.05) is 6.54 Å². The molecule has 0 saturated carbocycles. The summed E-state index contributed by atoms with van der Waals surface area (Å²) >= 11 is 0. The summed E-state index contributed by atoms with van der Waals surface area (Å²) in [5, 5.41) is 0. The molecule has 2 rings (SSSR count). The van der Waals surface area contributed by atoms with Gasteiger partial charge in [-0.1, -0.05) is 30.3 Å². The van der Waals surface area contributed by atoms with Gasteiger partial charge in [0.1, 0.15) is 12.6 Å². The molecule has 1 atom stereocenters. The summed E-state index contributed by atoms with van der Waals surface area (Å²) in [6, 6.07) is 9.01. The first-order chi connectivity index (χ1) is 9.22. The van der Waals surface area contributed by atoms with Crippen molar-refractivity contribution < 1.29 is 14.3 Å². The molecule has 102 valence electrons. The van der Waals surface area contributed by atoms with E-state index in [0.29, 0.717) is 13.0 Å². The second kappa shape index (κ2) is 6.33. The Labute approximate surface area is 112 Å². The lowest BCUT2D eigenvalue weighted by Crippen LogP contribution is -2.44. The summed E-state index contributed by atoms with van der Waals surface area (Å²) in [6.07, 6.45) is 1.47. The Morgan fingerprint density at radius 1 is 1.32 bits per heavy atom. The van der Waals surface area contributed by atoms with Crippen molar-refractivity contribution in [3.8, 4) is 0 Å². The van der Waals surface area contributed by atoms with Crippen LogP contribution in [0.25, 0.3) is 0 Å². The smallest absolute Gasteiger partial charge is 0.329 e. The molecule has 5 nitrogen and oxygen atoms in total. The van der Waals surface area contributed by atoms with E-state index in [2.05, 4.69) is 0 Å². The van der Waals surface area contributed by atoms with Gasteiger partial charge in [-0.25, -0.2) is 4.79 Å². The average molecular weight is 262 g/mol. The van der Waals surface area contributed by atoms with Gasteiger partial charge in [-0.05, 0) is 18.4 Å². The molecule has 1 heterocycles. The molecule has 1 aliphatic rings. The molecule has 1 aliphatic heterocycles. The summed E-state index contributed by atoms with van der Waals surface area (Å²) in [7, 11) is 0. The Balaban J connectivity index is 1.90. The molecule has 1 saturated heterocycles. The molecule has 1 aromatic carbocycles. The highest BCUT2D eigenvalue weighted by molar-refractivity contribution is 5.86. The zero-order valence-corrected chi connectivity index (χ0v) is 10.7. The standard InChI is InChI=1S/C14H18N2O3/c15-9-13(17)16-8-4-7-12(16)14(18)19-10-11-5-2-1-3-6-11/h1-3,5-6,12H,4,7-10,15H2. The second-order valence-electron chi connectivity index (χ2n) is 4.54. The van der Waals surface area contributed by atoms with E-state index in [1.165, 1.54) is 4.90 Å². The van der Waals surface area contributed by atoms with E-state index in [9.17, 15) is 9.59 Å². The summed E-state index contributed by atoms with van der Waals surface area (Å²) in [5.74, 6) is -0.540. The van der Waals surface area contributed by atoms with Crippen molar-refractivity contribution in [2.45, 2.75) is 25.5 Å². The zero-order chi connectivity index (χ0) is 13.7. The van der Waals surface area contributed by atoms with Gasteiger partial charge < -0.3 is 15.4 Å². The van der Waals surface area contributed by atoms with Crippen molar-refractivity contribution in [3.05, 3.63) is 35.9 Å². The molecule has 19 heavy (non-hydrogen) atoms. The van der Waals surface area contributed by atoms with E-state index >= 15 is 0 Å². The third-order valence-electron chi connectivity index (χ3n) is 3.24. The summed E-state index contributed by atoms with van der Waals surface area (Å²) < 4.78 is 5.26. The predicted octanol–water partition coefficient (Wildman–Crippen LogP) is 0.679. The lowest BCUT2D eigenvalue weighted by molar-refractivity contribution is -0.154. The summed E-state index contributed by atoms with van der Waals surface area (Å²) in [5.41, 5.74) is 6.27. The molecule has 1 aromatic rings. The first-order valence-electron chi connectivity index (χ1n) is 6.42. The van der Waals surface area contributed by atoms with Crippen LogP contribution in [0.2, 0.25) is 0 Å². The van der Waals surface area contributed by atoms with Crippen LogP contribution >= 0.6 is 0 Å². The topological polar surface area (TPSA) is 72.6 Å². The molecule has 0 aromatic heterocycles. The van der Waals surface area contributed by atoms with Crippen LogP contribution in [0, 0.1) is 0 Å². The SMILES string of the molecule is NCC(=O)N1CCCC1C(=O)OCc1ccccc1. The number of carbonyl (C=O) groups is 2. The van der Waals surface area contributed by atoms with Crippen LogP contribution in [0.15, 0.2) is 30.3 Å². The molecule has 1 amide bonds. The van der Waals surface area contributed by atoms with Crippen molar-refractivity contribution in [1.29, 1.82) is 0 Å². The number of hydrogen-bond donors (Lipinski definition) is 1. The fraction of sp³-hybridized carbons (Fsp3) is 0.429. The van der Waals surface area contributed by atoms with Gasteiger partial charge in [-0.3, -0.25) is 4.79 Å². The van der Waals surface area contributed by atoms with Gasteiger partial charge in [-0.2, -0.15) is 0 Å². The minimum Gasteiger partial charge on any atom is -0.459 e. The van der Waals surface area contributed by atoms with Crippen LogP contribution in [0.3, 0.4) is 0 Å². The number of likely N-dealkylation sites (tertiary alicyclic amines) is 1. The number of hydrogen-bond acceptors (Lipinski definition) is 4. The van der Waals surface area contributed by atoms with Crippen molar-refractivity contribution >= 4 is 11.9 Å². The van der Waals surface area contributed by atoms with Crippen molar-refractivity contribution in [3.63, 3.8) is 0 Å². The summed E-state index contributed by atoms with van der Waals surface area (Å²) in [4.78, 5) is 25.1. The van der Waals surface area contributed by atoms with E-state index in [-0.39, 0.29) is 25.0 Å². The van der Waals surface area contributed by atoms with Crippen LogP contribution in [0.5, 0.6) is 0 Å². The Morgan fingerprint density at radius 3 is 2.74 bits per heavy atom. The van der Waals surface area contributed by atoms with Gasteiger partial charge in [0.2, 0.25) is 5.91 Å². The Kier molecular flexibility index (Phi) is 4.52. The second-order valence-corrected chi connectivity index (χ2v) is 4.54. The van der Waals surface area contributed by atoms with Gasteiger partial charge >= 0.3 is 5.97 Å². The van der Waals surface area contributed by atoms with Gasteiger partial charge in [0.15, 0.2) is 0 Å². The lowest BCUT2D eigenvalue weighted by atomic mass is 10.2. The van der Waals surface area contributed by atoms with Gasteiger partial charge in [-0.15, -0.1) is 0 Å². The van der Waals surface area contributed by atoms with Crippen molar-refractivity contribution in [1.82, 2.24) is 4.90 Å². The number of carbonyl (C=O) groups excluding carboxylic acids is 2. The monoisotopic (exact) mass is 262 g/mol. The first kappa shape index (κ1) is 13.5. The van der Waals surface area contributed by atoms with Gasteiger partial charge in [0.25, 0.3) is 0 Å². The molecule has 0 bridgehead atoms.